The van der Waals surface area contributed by atoms with E-state index in [1.807, 2.05) is 0 Å². The third-order valence-electron chi connectivity index (χ3n) is 1.67. The Labute approximate surface area is 86.8 Å². The first kappa shape index (κ1) is 13.5. The van der Waals surface area contributed by atoms with Crippen LogP contribution in [0.25, 0.3) is 0 Å². The van der Waals surface area contributed by atoms with Crippen LogP contribution in [0, 0.1) is 0 Å². The van der Waals surface area contributed by atoms with Crippen molar-refractivity contribution >= 4 is 17.2 Å². The summed E-state index contributed by atoms with van der Waals surface area (Å²) in [6.45, 7) is 4.45. The average molecular weight is 222 g/mol. The molecule has 0 amide bonds. The molecule has 0 radical (unpaired) electrons. The molecule has 84 valence electrons. The molecule has 0 aliphatic rings. The Bertz CT molecular complexity index is 198. The van der Waals surface area contributed by atoms with Crippen LogP contribution >= 0.6 is 0 Å². The number of rotatable bonds is 7. The van der Waals surface area contributed by atoms with Gasteiger partial charge in [-0.05, 0) is 12.8 Å². The van der Waals surface area contributed by atoms with Crippen LogP contribution in [0.15, 0.2) is 0 Å². The topological polar surface area (TPSA) is 69.7 Å². The molecule has 0 bridgehead atoms. The van der Waals surface area contributed by atoms with E-state index >= 15 is 0 Å². The molecule has 5 nitrogen and oxygen atoms in total. The fourth-order valence-corrected chi connectivity index (χ4v) is 1.43. The second-order valence-corrected chi connectivity index (χ2v) is 3.74. The maximum absolute atomic E-state index is 10.5. The number of esters is 1. The Kier molecular flexibility index (Phi) is 7.64. The van der Waals surface area contributed by atoms with Gasteiger partial charge in [-0.1, -0.05) is 6.92 Å². The van der Waals surface area contributed by atoms with E-state index in [1.54, 1.807) is 6.92 Å². The van der Waals surface area contributed by atoms with E-state index in [2.05, 4.69) is 0 Å². The second-order valence-electron chi connectivity index (χ2n) is 2.79. The Morgan fingerprint density at radius 3 is 2.57 bits per heavy atom. The van der Waals surface area contributed by atoms with Crippen LogP contribution in [-0.2, 0) is 20.8 Å². The highest BCUT2D eigenvalue weighted by molar-refractivity contribution is 7.76. The van der Waals surface area contributed by atoms with Gasteiger partial charge in [0.15, 0.2) is 0 Å². The molecular formula is C8H16NO4S-. The standard InChI is InChI=1S/C8H17NO4S/c1-3-9(14(11)12)6-4-5-7-13-8(2)10/h3-7H2,1-2H3,(H,11,12)/p-1. The maximum atomic E-state index is 10.5. The molecular weight excluding hydrogens is 206 g/mol. The van der Waals surface area contributed by atoms with E-state index in [0.717, 1.165) is 0 Å². The lowest BCUT2D eigenvalue weighted by molar-refractivity contribution is -0.141. The van der Waals surface area contributed by atoms with Crippen molar-refractivity contribution in [3.05, 3.63) is 0 Å². The highest BCUT2D eigenvalue weighted by Crippen LogP contribution is 1.97. The van der Waals surface area contributed by atoms with Crippen molar-refractivity contribution in [1.29, 1.82) is 0 Å². The van der Waals surface area contributed by atoms with E-state index in [1.165, 1.54) is 11.2 Å². The summed E-state index contributed by atoms with van der Waals surface area (Å²) in [6, 6.07) is 0. The fourth-order valence-electron chi connectivity index (χ4n) is 0.944. The van der Waals surface area contributed by atoms with Crippen molar-refractivity contribution in [2.75, 3.05) is 19.7 Å². The number of carbonyl (C=O) groups excluding carboxylic acids is 1. The van der Waals surface area contributed by atoms with Crippen LogP contribution in [0.4, 0.5) is 0 Å². The average Bonchev–Trinajstić information content (AvgIpc) is 2.10. The monoisotopic (exact) mass is 222 g/mol. The highest BCUT2D eigenvalue weighted by Gasteiger charge is 2.01. The van der Waals surface area contributed by atoms with Crippen molar-refractivity contribution in [1.82, 2.24) is 4.31 Å². The summed E-state index contributed by atoms with van der Waals surface area (Å²) in [5.41, 5.74) is 0. The number of ether oxygens (including phenoxy) is 1. The minimum atomic E-state index is -2.14. The van der Waals surface area contributed by atoms with Crippen molar-refractivity contribution in [3.8, 4) is 0 Å². The van der Waals surface area contributed by atoms with Gasteiger partial charge in [0.25, 0.3) is 0 Å². The number of hydrogen-bond acceptors (Lipinski definition) is 4. The lowest BCUT2D eigenvalue weighted by Gasteiger charge is -2.21. The van der Waals surface area contributed by atoms with Gasteiger partial charge in [-0.3, -0.25) is 9.00 Å². The lowest BCUT2D eigenvalue weighted by Crippen LogP contribution is -2.26. The molecule has 1 unspecified atom stereocenters. The van der Waals surface area contributed by atoms with Crippen LogP contribution in [0.5, 0.6) is 0 Å². The van der Waals surface area contributed by atoms with E-state index in [9.17, 15) is 13.6 Å². The van der Waals surface area contributed by atoms with Crippen LogP contribution in [-0.4, -0.2) is 38.7 Å². The number of hydrogen-bond donors (Lipinski definition) is 0. The lowest BCUT2D eigenvalue weighted by atomic mass is 10.3. The summed E-state index contributed by atoms with van der Waals surface area (Å²) in [5.74, 6) is -0.301. The normalized spacial score (nSPS) is 12.9. The van der Waals surface area contributed by atoms with Crippen LogP contribution in [0.2, 0.25) is 0 Å². The summed E-state index contributed by atoms with van der Waals surface area (Å²) < 4.78 is 27.1. The van der Waals surface area contributed by atoms with Gasteiger partial charge >= 0.3 is 5.97 Å². The Balaban J connectivity index is 3.42. The summed E-state index contributed by atoms with van der Waals surface area (Å²) in [6.07, 6.45) is 1.39. The summed E-state index contributed by atoms with van der Waals surface area (Å²) in [5, 5.41) is 0. The van der Waals surface area contributed by atoms with Gasteiger partial charge in [-0.2, -0.15) is 0 Å². The van der Waals surface area contributed by atoms with Crippen LogP contribution < -0.4 is 0 Å². The Morgan fingerprint density at radius 1 is 1.50 bits per heavy atom. The van der Waals surface area contributed by atoms with Gasteiger partial charge in [-0.25, -0.2) is 4.31 Å². The van der Waals surface area contributed by atoms with Crippen molar-refractivity contribution in [2.24, 2.45) is 0 Å². The number of carbonyl (C=O) groups is 1. The second kappa shape index (κ2) is 7.90. The zero-order valence-electron chi connectivity index (χ0n) is 8.52. The fraction of sp³-hybridized carbons (Fsp3) is 0.875. The van der Waals surface area contributed by atoms with Crippen molar-refractivity contribution in [2.45, 2.75) is 26.7 Å². The number of unbranched alkanes of at least 4 members (excludes halogenated alkanes) is 1. The molecule has 0 heterocycles. The van der Waals surface area contributed by atoms with Crippen molar-refractivity contribution in [3.63, 3.8) is 0 Å². The quantitative estimate of drug-likeness (QED) is 0.356. The first-order chi connectivity index (χ1) is 6.57. The van der Waals surface area contributed by atoms with Gasteiger partial charge in [0.1, 0.15) is 0 Å². The maximum Gasteiger partial charge on any atom is 0.302 e. The Morgan fingerprint density at radius 2 is 2.14 bits per heavy atom. The smallest absolute Gasteiger partial charge is 0.302 e. The first-order valence-electron chi connectivity index (χ1n) is 4.55. The molecule has 0 rings (SSSR count). The third-order valence-corrected chi connectivity index (χ3v) is 2.53. The molecule has 0 aliphatic carbocycles. The molecule has 0 saturated carbocycles. The van der Waals surface area contributed by atoms with Crippen LogP contribution in [0.3, 0.4) is 0 Å². The third kappa shape index (κ3) is 6.99. The molecule has 0 aromatic heterocycles. The summed E-state index contributed by atoms with van der Waals surface area (Å²) in [4.78, 5) is 10.4. The largest absolute Gasteiger partial charge is 0.760 e. The van der Waals surface area contributed by atoms with E-state index in [0.29, 0.717) is 32.5 Å². The zero-order valence-corrected chi connectivity index (χ0v) is 9.34. The van der Waals surface area contributed by atoms with E-state index in [4.69, 9.17) is 4.74 Å². The SMILES string of the molecule is CCN(CCCCOC(C)=O)S(=O)[O-]. The minimum Gasteiger partial charge on any atom is -0.760 e. The zero-order chi connectivity index (χ0) is 11.0. The minimum absolute atomic E-state index is 0.301. The molecule has 0 N–H and O–H groups in total. The van der Waals surface area contributed by atoms with Crippen LogP contribution in [0.1, 0.15) is 26.7 Å². The molecule has 0 aliphatic heterocycles. The molecule has 14 heavy (non-hydrogen) atoms. The predicted molar refractivity (Wildman–Crippen MR) is 52.0 cm³/mol. The molecule has 0 fully saturated rings. The van der Waals surface area contributed by atoms with Gasteiger partial charge in [0, 0.05) is 31.3 Å². The predicted octanol–water partition coefficient (Wildman–Crippen LogP) is 0.446. The summed E-state index contributed by atoms with van der Waals surface area (Å²) in [7, 11) is 0. The van der Waals surface area contributed by atoms with Gasteiger partial charge in [-0.15, -0.1) is 0 Å². The summed E-state index contributed by atoms with van der Waals surface area (Å²) >= 11 is -2.14. The Hall–Kier alpha value is -0.460. The van der Waals surface area contributed by atoms with E-state index < -0.39 is 11.3 Å². The molecule has 0 aromatic rings. The van der Waals surface area contributed by atoms with Gasteiger partial charge < -0.3 is 9.29 Å². The number of nitrogens with zero attached hydrogens (tertiary/aromatic N) is 1. The van der Waals surface area contributed by atoms with E-state index in [-0.39, 0.29) is 5.97 Å². The van der Waals surface area contributed by atoms with Gasteiger partial charge in [0.05, 0.1) is 6.61 Å². The van der Waals surface area contributed by atoms with Crippen molar-refractivity contribution < 1.29 is 18.3 Å². The molecule has 6 heteroatoms. The molecule has 0 aromatic carbocycles. The molecule has 0 saturated heterocycles. The molecule has 0 spiro atoms. The highest BCUT2D eigenvalue weighted by atomic mass is 32.2. The van der Waals surface area contributed by atoms with Gasteiger partial charge in [0.2, 0.25) is 0 Å². The first-order valence-corrected chi connectivity index (χ1v) is 5.58. The molecule has 1 atom stereocenters.